The van der Waals surface area contributed by atoms with Gasteiger partial charge in [-0.1, -0.05) is 60.1 Å². The Bertz CT molecular complexity index is 2070. The topological polar surface area (TPSA) is 221 Å². The molecule has 0 fully saturated rings. The van der Waals surface area contributed by atoms with E-state index >= 15 is 0 Å². The maximum Gasteiger partial charge on any atom is 0.252 e. The quantitative estimate of drug-likeness (QED) is 0.0420. The maximum atomic E-state index is 13.1. The van der Waals surface area contributed by atoms with E-state index < -0.39 is 60.6 Å². The van der Waals surface area contributed by atoms with Crippen molar-refractivity contribution in [3.8, 4) is 23.7 Å². The summed E-state index contributed by atoms with van der Waals surface area (Å²) in [6.07, 6.45) is -1.85. The van der Waals surface area contributed by atoms with Gasteiger partial charge in [0, 0.05) is 39.9 Å². The zero-order valence-electron chi connectivity index (χ0n) is 28.8. The number of nitrogens with two attached hydrogens (primary N) is 1. The van der Waals surface area contributed by atoms with Gasteiger partial charge in [-0.25, -0.2) is 5.48 Å². The van der Waals surface area contributed by atoms with Crippen molar-refractivity contribution in [1.29, 1.82) is 0 Å². The molecule has 0 saturated heterocycles. The van der Waals surface area contributed by atoms with E-state index in [1.807, 2.05) is 60.7 Å². The molecule has 14 heteroatoms. The number of hydrogen-bond donors (Lipinski definition) is 8. The molecule has 1 unspecified atom stereocenters. The zero-order chi connectivity index (χ0) is 38.7. The molecular formula is C40H37N7O7. The van der Waals surface area contributed by atoms with Gasteiger partial charge in [-0.3, -0.25) is 34.0 Å². The molecule has 9 N–H and O–H groups in total. The molecule has 4 aromatic carbocycles. The molecule has 2 atom stereocenters. The van der Waals surface area contributed by atoms with E-state index in [1.54, 1.807) is 24.3 Å². The summed E-state index contributed by atoms with van der Waals surface area (Å²) < 4.78 is 0. The van der Waals surface area contributed by atoms with E-state index in [-0.39, 0.29) is 24.2 Å². The summed E-state index contributed by atoms with van der Waals surface area (Å²) in [7, 11) is 0. The molecule has 0 bridgehead atoms. The lowest BCUT2D eigenvalue weighted by molar-refractivity contribution is -0.131. The van der Waals surface area contributed by atoms with Crippen molar-refractivity contribution in [3.63, 3.8) is 0 Å². The van der Waals surface area contributed by atoms with Crippen LogP contribution >= 0.6 is 0 Å². The number of carbonyl (C=O) groups excluding carboxylic acids is 6. The SMILES string of the molecule is NCC(=O)NC[C@H](NC(=O)c1ccc(C#Cc2ccccc2)cc1)C(=O)NCC(=O)NC(CC(=O)NO)NC(=O)c1ccc(C#Cc2ccccc2)cc1. The molecule has 0 radical (unpaired) electrons. The smallest absolute Gasteiger partial charge is 0.252 e. The highest BCUT2D eigenvalue weighted by atomic mass is 16.5. The van der Waals surface area contributed by atoms with Gasteiger partial charge in [0.25, 0.3) is 11.8 Å². The Morgan fingerprint density at radius 3 is 1.48 bits per heavy atom. The summed E-state index contributed by atoms with van der Waals surface area (Å²) in [4.78, 5) is 75.8. The number of hydroxylamine groups is 1. The predicted octanol–water partition coefficient (Wildman–Crippen LogP) is 0.544. The molecule has 6 amide bonds. The van der Waals surface area contributed by atoms with Crippen LogP contribution in [0.4, 0.5) is 0 Å². The average molecular weight is 728 g/mol. The van der Waals surface area contributed by atoms with Crippen molar-refractivity contribution in [2.24, 2.45) is 5.73 Å². The zero-order valence-corrected chi connectivity index (χ0v) is 28.8. The third-order valence-electron chi connectivity index (χ3n) is 7.43. The van der Waals surface area contributed by atoms with Gasteiger partial charge >= 0.3 is 0 Å². The number of benzene rings is 4. The summed E-state index contributed by atoms with van der Waals surface area (Å²) in [6, 6.07) is 30.0. The van der Waals surface area contributed by atoms with E-state index in [0.717, 1.165) is 11.1 Å². The van der Waals surface area contributed by atoms with Crippen molar-refractivity contribution in [3.05, 3.63) is 143 Å². The molecule has 0 aliphatic carbocycles. The van der Waals surface area contributed by atoms with E-state index in [1.165, 1.54) is 29.7 Å². The summed E-state index contributed by atoms with van der Waals surface area (Å²) in [6.45, 7) is -1.36. The fourth-order valence-corrected chi connectivity index (χ4v) is 4.63. The minimum atomic E-state index is -1.32. The third-order valence-corrected chi connectivity index (χ3v) is 7.43. The minimum absolute atomic E-state index is 0.199. The van der Waals surface area contributed by atoms with Gasteiger partial charge in [0.05, 0.1) is 19.5 Å². The van der Waals surface area contributed by atoms with Gasteiger partial charge in [-0.05, 0) is 72.8 Å². The Kier molecular flexibility index (Phi) is 15.0. The van der Waals surface area contributed by atoms with Crippen LogP contribution in [0, 0.1) is 23.7 Å². The van der Waals surface area contributed by atoms with Gasteiger partial charge in [0.1, 0.15) is 12.2 Å². The Balaban J connectivity index is 1.35. The van der Waals surface area contributed by atoms with E-state index in [4.69, 9.17) is 10.9 Å². The van der Waals surface area contributed by atoms with Crippen molar-refractivity contribution >= 4 is 35.4 Å². The molecule has 14 nitrogen and oxygen atoms in total. The van der Waals surface area contributed by atoms with Crippen LogP contribution in [0.15, 0.2) is 109 Å². The van der Waals surface area contributed by atoms with Gasteiger partial charge in [0.2, 0.25) is 23.6 Å². The standard InChI is InChI=1S/C40H37N7O7/c41-24-36(49)42-25-33(44-38(51)31-19-15-29(16-20-31)13-11-27-7-3-1-4-8-27)40(53)43-26-37(50)45-34(23-35(48)47-54)46-39(52)32-21-17-30(18-22-32)14-12-28-9-5-2-6-10-28/h1-10,15-22,33-34,54H,23-26,41H2,(H,42,49)(H,43,53)(H,44,51)(H,45,50)(H,46,52)(H,47,48)/t33-,34?/m0/s1. The molecule has 4 rings (SSSR count). The maximum absolute atomic E-state index is 13.1. The predicted molar refractivity (Wildman–Crippen MR) is 198 cm³/mol. The first-order valence-electron chi connectivity index (χ1n) is 16.6. The lowest BCUT2D eigenvalue weighted by Gasteiger charge is -2.21. The van der Waals surface area contributed by atoms with Crippen LogP contribution in [0.5, 0.6) is 0 Å². The highest BCUT2D eigenvalue weighted by Gasteiger charge is 2.24. The first-order valence-corrected chi connectivity index (χ1v) is 16.6. The molecule has 0 heterocycles. The summed E-state index contributed by atoms with van der Waals surface area (Å²) in [5, 5.41) is 21.3. The number of nitrogens with one attached hydrogen (secondary N) is 6. The van der Waals surface area contributed by atoms with E-state index in [2.05, 4.69) is 50.3 Å². The lowest BCUT2D eigenvalue weighted by atomic mass is 10.1. The van der Waals surface area contributed by atoms with Crippen LogP contribution < -0.4 is 37.8 Å². The molecular weight excluding hydrogens is 690 g/mol. The van der Waals surface area contributed by atoms with Crippen LogP contribution in [0.1, 0.15) is 49.4 Å². The number of amides is 6. The van der Waals surface area contributed by atoms with Crippen LogP contribution in [0.2, 0.25) is 0 Å². The van der Waals surface area contributed by atoms with Crippen molar-refractivity contribution < 1.29 is 34.0 Å². The average Bonchev–Trinajstić information content (AvgIpc) is 3.20. The van der Waals surface area contributed by atoms with Gasteiger partial charge in [0.15, 0.2) is 0 Å². The second kappa shape index (κ2) is 20.6. The first-order chi connectivity index (χ1) is 26.1. The summed E-state index contributed by atoms with van der Waals surface area (Å²) in [5.41, 5.74) is 10.1. The largest absolute Gasteiger partial charge is 0.352 e. The Morgan fingerprint density at radius 1 is 0.556 bits per heavy atom. The Morgan fingerprint density at radius 2 is 1.02 bits per heavy atom. The molecule has 274 valence electrons. The lowest BCUT2D eigenvalue weighted by Crippen LogP contribution is -2.56. The molecule has 0 aromatic heterocycles. The van der Waals surface area contributed by atoms with Crippen molar-refractivity contribution in [1.82, 2.24) is 32.1 Å². The highest BCUT2D eigenvalue weighted by molar-refractivity contribution is 5.99. The second-order valence-electron chi connectivity index (χ2n) is 11.5. The van der Waals surface area contributed by atoms with Gasteiger partial charge < -0.3 is 32.3 Å². The Labute approximate surface area is 311 Å². The summed E-state index contributed by atoms with van der Waals surface area (Å²) in [5.74, 6) is 7.60. The number of hydrogen-bond acceptors (Lipinski definition) is 8. The van der Waals surface area contributed by atoms with E-state index in [9.17, 15) is 28.8 Å². The summed E-state index contributed by atoms with van der Waals surface area (Å²) >= 11 is 0. The highest BCUT2D eigenvalue weighted by Crippen LogP contribution is 2.07. The normalized spacial score (nSPS) is 11.1. The fraction of sp³-hybridized carbons (Fsp3) is 0.150. The third kappa shape index (κ3) is 13.1. The van der Waals surface area contributed by atoms with Crippen LogP contribution in [0.25, 0.3) is 0 Å². The van der Waals surface area contributed by atoms with Crippen LogP contribution in [0.3, 0.4) is 0 Å². The first kappa shape index (κ1) is 39.5. The molecule has 0 aliphatic heterocycles. The molecule has 0 spiro atoms. The van der Waals surface area contributed by atoms with Crippen LogP contribution in [-0.2, 0) is 19.2 Å². The Hall–Kier alpha value is -7.26. The van der Waals surface area contributed by atoms with Gasteiger partial charge in [-0.2, -0.15) is 0 Å². The van der Waals surface area contributed by atoms with Crippen LogP contribution in [-0.4, -0.2) is 72.5 Å². The molecule has 0 saturated carbocycles. The van der Waals surface area contributed by atoms with E-state index in [0.29, 0.717) is 11.1 Å². The molecule has 0 aliphatic rings. The second-order valence-corrected chi connectivity index (χ2v) is 11.5. The molecule has 4 aromatic rings. The monoisotopic (exact) mass is 727 g/mol. The van der Waals surface area contributed by atoms with Gasteiger partial charge in [-0.15, -0.1) is 0 Å². The van der Waals surface area contributed by atoms with Crippen molar-refractivity contribution in [2.45, 2.75) is 18.6 Å². The van der Waals surface area contributed by atoms with Crippen molar-refractivity contribution in [2.75, 3.05) is 19.6 Å². The molecule has 54 heavy (non-hydrogen) atoms. The number of rotatable bonds is 13. The number of carbonyl (C=O) groups is 6. The fourth-order valence-electron chi connectivity index (χ4n) is 4.63. The minimum Gasteiger partial charge on any atom is -0.352 e.